The van der Waals surface area contributed by atoms with Crippen LogP contribution >= 0.6 is 0 Å². The molecule has 1 aromatic heterocycles. The smallest absolute Gasteiger partial charge is 0.197 e. The van der Waals surface area contributed by atoms with E-state index in [1.807, 2.05) is 6.92 Å². The Morgan fingerprint density at radius 2 is 2.23 bits per heavy atom. The predicted molar refractivity (Wildman–Crippen MR) is 48.6 cm³/mol. The molecule has 1 fully saturated rings. The highest BCUT2D eigenvalue weighted by atomic mass is 16.4. The number of hydrogen-bond acceptors (Lipinski definition) is 3. The lowest BCUT2D eigenvalue weighted by molar-refractivity contribution is 0.157. The summed E-state index contributed by atoms with van der Waals surface area (Å²) in [6.07, 6.45) is 3.76. The molecule has 1 saturated carbocycles. The lowest BCUT2D eigenvalue weighted by Gasteiger charge is -2.09. The van der Waals surface area contributed by atoms with E-state index in [0.717, 1.165) is 11.7 Å². The lowest BCUT2D eigenvalue weighted by Crippen LogP contribution is -2.09. The van der Waals surface area contributed by atoms with Gasteiger partial charge in [-0.05, 0) is 19.8 Å². The summed E-state index contributed by atoms with van der Waals surface area (Å²) < 4.78 is 5.56. The number of nitrogens with zero attached hydrogens (tertiary/aromatic N) is 1. The first-order valence-electron chi connectivity index (χ1n) is 4.82. The van der Waals surface area contributed by atoms with Crippen LogP contribution in [0.4, 0.5) is 0 Å². The van der Waals surface area contributed by atoms with Crippen LogP contribution in [0.1, 0.15) is 50.2 Å². The maximum absolute atomic E-state index is 9.35. The quantitative estimate of drug-likeness (QED) is 0.776. The lowest BCUT2D eigenvalue weighted by atomic mass is 10.0. The molecule has 0 amide bonds. The molecule has 3 nitrogen and oxygen atoms in total. The molecule has 13 heavy (non-hydrogen) atoms. The summed E-state index contributed by atoms with van der Waals surface area (Å²) in [5.41, 5.74) is 0. The monoisotopic (exact) mass is 181 g/mol. The average Bonchev–Trinajstić information content (AvgIpc) is 2.83. The molecule has 72 valence electrons. The van der Waals surface area contributed by atoms with Crippen molar-refractivity contribution >= 4 is 0 Å². The molecular weight excluding hydrogens is 166 g/mol. The van der Waals surface area contributed by atoms with E-state index in [2.05, 4.69) is 4.98 Å². The standard InChI is InChI=1S/C10H15NO2/c1-6(7(2)12)9-5-11-10(13-9)8-3-4-8/h5-8,12H,3-4H2,1-2H3. The van der Waals surface area contributed by atoms with E-state index in [1.54, 1.807) is 13.1 Å². The third-order valence-electron chi connectivity index (χ3n) is 2.64. The van der Waals surface area contributed by atoms with Gasteiger partial charge in [0.25, 0.3) is 0 Å². The zero-order valence-electron chi connectivity index (χ0n) is 8.03. The fraction of sp³-hybridized carbons (Fsp3) is 0.700. The van der Waals surface area contributed by atoms with Crippen LogP contribution in [0.2, 0.25) is 0 Å². The molecule has 2 atom stereocenters. The summed E-state index contributed by atoms with van der Waals surface area (Å²) in [5.74, 6) is 2.24. The minimum atomic E-state index is -0.375. The third kappa shape index (κ3) is 1.75. The molecule has 3 heteroatoms. The second kappa shape index (κ2) is 3.14. The van der Waals surface area contributed by atoms with E-state index < -0.39 is 0 Å². The molecule has 2 unspecified atom stereocenters. The normalized spacial score (nSPS) is 21.5. The highest BCUT2D eigenvalue weighted by Gasteiger charge is 2.29. The molecule has 2 rings (SSSR count). The van der Waals surface area contributed by atoms with Crippen LogP contribution in [-0.4, -0.2) is 16.2 Å². The van der Waals surface area contributed by atoms with Crippen molar-refractivity contribution < 1.29 is 9.52 Å². The van der Waals surface area contributed by atoms with E-state index in [9.17, 15) is 5.11 Å². The molecule has 0 saturated heterocycles. The Balaban J connectivity index is 2.11. The Bertz CT molecular complexity index is 289. The van der Waals surface area contributed by atoms with E-state index in [0.29, 0.717) is 5.92 Å². The van der Waals surface area contributed by atoms with Crippen LogP contribution in [-0.2, 0) is 0 Å². The molecule has 1 aliphatic rings. The van der Waals surface area contributed by atoms with Crippen molar-refractivity contribution in [1.29, 1.82) is 0 Å². The minimum Gasteiger partial charge on any atom is -0.445 e. The molecule has 1 N–H and O–H groups in total. The van der Waals surface area contributed by atoms with Crippen LogP contribution in [0.3, 0.4) is 0 Å². The van der Waals surface area contributed by atoms with Gasteiger partial charge in [-0.1, -0.05) is 6.92 Å². The van der Waals surface area contributed by atoms with Crippen molar-refractivity contribution in [3.8, 4) is 0 Å². The summed E-state index contributed by atoms with van der Waals surface area (Å²) in [4.78, 5) is 4.20. The highest BCUT2D eigenvalue weighted by Crippen LogP contribution is 2.40. The molecule has 1 aromatic rings. The SMILES string of the molecule is CC(O)C(C)c1cnc(C2CC2)o1. The van der Waals surface area contributed by atoms with Crippen LogP contribution in [0, 0.1) is 0 Å². The van der Waals surface area contributed by atoms with E-state index in [4.69, 9.17) is 4.42 Å². The van der Waals surface area contributed by atoms with Gasteiger partial charge >= 0.3 is 0 Å². The fourth-order valence-corrected chi connectivity index (χ4v) is 1.27. The van der Waals surface area contributed by atoms with Gasteiger partial charge in [0.2, 0.25) is 0 Å². The van der Waals surface area contributed by atoms with Crippen LogP contribution < -0.4 is 0 Å². The zero-order valence-corrected chi connectivity index (χ0v) is 8.03. The number of oxazole rings is 1. The van der Waals surface area contributed by atoms with Gasteiger partial charge in [-0.2, -0.15) is 0 Å². The van der Waals surface area contributed by atoms with Gasteiger partial charge < -0.3 is 9.52 Å². The first-order chi connectivity index (χ1) is 6.18. The number of aliphatic hydroxyl groups excluding tert-OH is 1. The van der Waals surface area contributed by atoms with E-state index in [-0.39, 0.29) is 12.0 Å². The van der Waals surface area contributed by atoms with Crippen LogP contribution in [0.5, 0.6) is 0 Å². The first-order valence-corrected chi connectivity index (χ1v) is 4.82. The van der Waals surface area contributed by atoms with Crippen molar-refractivity contribution in [2.24, 2.45) is 0 Å². The Kier molecular flexibility index (Phi) is 2.12. The Hall–Kier alpha value is -0.830. The van der Waals surface area contributed by atoms with Crippen LogP contribution in [0.15, 0.2) is 10.6 Å². The second-order valence-corrected chi connectivity index (χ2v) is 3.90. The fourth-order valence-electron chi connectivity index (χ4n) is 1.27. The van der Waals surface area contributed by atoms with Gasteiger partial charge in [-0.25, -0.2) is 4.98 Å². The molecular formula is C10H15NO2. The number of aliphatic hydroxyl groups is 1. The van der Waals surface area contributed by atoms with E-state index in [1.165, 1.54) is 12.8 Å². The van der Waals surface area contributed by atoms with Crippen molar-refractivity contribution in [3.05, 3.63) is 17.8 Å². The zero-order chi connectivity index (χ0) is 9.42. The summed E-state index contributed by atoms with van der Waals surface area (Å²) in [5, 5.41) is 9.35. The maximum atomic E-state index is 9.35. The second-order valence-electron chi connectivity index (χ2n) is 3.90. The van der Waals surface area contributed by atoms with Gasteiger partial charge in [0.05, 0.1) is 12.3 Å². The summed E-state index contributed by atoms with van der Waals surface area (Å²) in [6.45, 7) is 3.71. The van der Waals surface area contributed by atoms with Crippen molar-refractivity contribution in [3.63, 3.8) is 0 Å². The van der Waals surface area contributed by atoms with Gasteiger partial charge in [0.15, 0.2) is 5.89 Å². The van der Waals surface area contributed by atoms with Gasteiger partial charge in [-0.15, -0.1) is 0 Å². The summed E-state index contributed by atoms with van der Waals surface area (Å²) >= 11 is 0. The predicted octanol–water partition coefficient (Wildman–Crippen LogP) is 2.04. The van der Waals surface area contributed by atoms with Crippen molar-refractivity contribution in [2.75, 3.05) is 0 Å². The molecule has 0 spiro atoms. The number of hydrogen-bond donors (Lipinski definition) is 1. The van der Waals surface area contributed by atoms with Crippen molar-refractivity contribution in [1.82, 2.24) is 4.98 Å². The average molecular weight is 181 g/mol. The van der Waals surface area contributed by atoms with Crippen LogP contribution in [0.25, 0.3) is 0 Å². The van der Waals surface area contributed by atoms with Gasteiger partial charge in [-0.3, -0.25) is 0 Å². The first kappa shape index (κ1) is 8.75. The largest absolute Gasteiger partial charge is 0.445 e. The number of aromatic nitrogens is 1. The molecule has 1 aliphatic carbocycles. The Morgan fingerprint density at radius 3 is 2.77 bits per heavy atom. The van der Waals surface area contributed by atoms with Crippen molar-refractivity contribution in [2.45, 2.75) is 44.6 Å². The minimum absolute atomic E-state index is 0.0417. The van der Waals surface area contributed by atoms with Gasteiger partial charge in [0.1, 0.15) is 5.76 Å². The molecule has 0 bridgehead atoms. The summed E-state index contributed by atoms with van der Waals surface area (Å²) in [6, 6.07) is 0. The molecule has 0 aromatic carbocycles. The third-order valence-corrected chi connectivity index (χ3v) is 2.64. The Morgan fingerprint density at radius 1 is 1.54 bits per heavy atom. The number of rotatable bonds is 3. The highest BCUT2D eigenvalue weighted by molar-refractivity contribution is 5.08. The molecule has 0 aliphatic heterocycles. The van der Waals surface area contributed by atoms with E-state index >= 15 is 0 Å². The maximum Gasteiger partial charge on any atom is 0.197 e. The molecule has 0 radical (unpaired) electrons. The summed E-state index contributed by atoms with van der Waals surface area (Å²) in [7, 11) is 0. The molecule has 1 heterocycles. The topological polar surface area (TPSA) is 46.3 Å². The van der Waals surface area contributed by atoms with Gasteiger partial charge in [0, 0.05) is 11.8 Å². The Labute approximate surface area is 77.8 Å².